The van der Waals surface area contributed by atoms with Gasteiger partial charge in [0, 0.05) is 25.8 Å². The highest BCUT2D eigenvalue weighted by Crippen LogP contribution is 2.44. The molecule has 0 saturated carbocycles. The average molecular weight is 320 g/mol. The van der Waals surface area contributed by atoms with Crippen molar-refractivity contribution >= 4 is 11.9 Å². The number of phenols is 1. The summed E-state index contributed by atoms with van der Waals surface area (Å²) >= 11 is 0. The van der Waals surface area contributed by atoms with Crippen LogP contribution in [0.2, 0.25) is 0 Å². The molecule has 0 aliphatic carbocycles. The fourth-order valence-corrected chi connectivity index (χ4v) is 2.60. The highest BCUT2D eigenvalue weighted by atomic mass is 16.7. The molecule has 6 heteroatoms. The van der Waals surface area contributed by atoms with Gasteiger partial charge in [0.15, 0.2) is 0 Å². The van der Waals surface area contributed by atoms with Crippen LogP contribution in [0.5, 0.6) is 11.5 Å². The van der Waals surface area contributed by atoms with Gasteiger partial charge in [0.1, 0.15) is 22.6 Å². The fraction of sp³-hybridized carbons (Fsp3) is 0.412. The Balaban J connectivity index is 2.84. The number of allylic oxidation sites excluding steroid dienone is 1. The lowest BCUT2D eigenvalue weighted by atomic mass is 9.92. The van der Waals surface area contributed by atoms with Crippen molar-refractivity contribution in [2.75, 3.05) is 7.11 Å². The average Bonchev–Trinajstić information content (AvgIpc) is 2.41. The Hall–Kier alpha value is -2.50. The van der Waals surface area contributed by atoms with E-state index >= 15 is 0 Å². The summed E-state index contributed by atoms with van der Waals surface area (Å²) in [5, 5.41) is 10.6. The second-order valence-corrected chi connectivity index (χ2v) is 6.05. The van der Waals surface area contributed by atoms with Crippen LogP contribution in [0, 0.1) is 6.92 Å². The zero-order chi connectivity index (χ0) is 17.5. The van der Waals surface area contributed by atoms with Crippen LogP contribution in [-0.4, -0.2) is 29.9 Å². The Bertz CT molecular complexity index is 715. The van der Waals surface area contributed by atoms with Gasteiger partial charge >= 0.3 is 11.9 Å². The predicted molar refractivity (Wildman–Crippen MR) is 82.8 cm³/mol. The van der Waals surface area contributed by atoms with Gasteiger partial charge < -0.3 is 19.3 Å². The molecule has 23 heavy (non-hydrogen) atoms. The number of cyclic esters (lactones) is 1. The van der Waals surface area contributed by atoms with Crippen molar-refractivity contribution in [3.05, 3.63) is 34.4 Å². The summed E-state index contributed by atoms with van der Waals surface area (Å²) in [6, 6.07) is 0. The lowest BCUT2D eigenvalue weighted by Crippen LogP contribution is -2.40. The quantitative estimate of drug-likeness (QED) is 0.681. The Morgan fingerprint density at radius 1 is 1.35 bits per heavy atom. The van der Waals surface area contributed by atoms with Crippen LogP contribution in [0.1, 0.15) is 52.6 Å². The Kier molecular flexibility index (Phi) is 4.11. The number of fused-ring (bicyclic) bond motifs is 1. The molecule has 1 aromatic carbocycles. The number of benzene rings is 1. The number of esters is 2. The first-order valence-corrected chi connectivity index (χ1v) is 7.12. The van der Waals surface area contributed by atoms with E-state index in [0.29, 0.717) is 5.56 Å². The third-order valence-electron chi connectivity index (χ3n) is 3.53. The third-order valence-corrected chi connectivity index (χ3v) is 3.53. The van der Waals surface area contributed by atoms with Crippen LogP contribution in [-0.2, 0) is 15.9 Å². The van der Waals surface area contributed by atoms with Crippen LogP contribution in [0.25, 0.3) is 0 Å². The first-order chi connectivity index (χ1) is 10.6. The minimum absolute atomic E-state index is 0.0669. The van der Waals surface area contributed by atoms with Crippen molar-refractivity contribution < 1.29 is 28.9 Å². The Labute approximate surface area is 134 Å². The van der Waals surface area contributed by atoms with E-state index in [1.54, 1.807) is 20.8 Å². The van der Waals surface area contributed by atoms with Crippen molar-refractivity contribution in [2.45, 2.75) is 39.9 Å². The zero-order valence-corrected chi connectivity index (χ0v) is 13.9. The van der Waals surface area contributed by atoms with E-state index in [4.69, 9.17) is 14.2 Å². The molecular weight excluding hydrogens is 300 g/mol. The molecule has 0 aromatic heterocycles. The minimum Gasteiger partial charge on any atom is -0.507 e. The number of methoxy groups -OCH3 is 1. The Morgan fingerprint density at radius 2 is 1.96 bits per heavy atom. The second-order valence-electron chi connectivity index (χ2n) is 6.05. The number of hydrogen-bond acceptors (Lipinski definition) is 6. The number of carbonyl (C=O) groups is 2. The first kappa shape index (κ1) is 16.9. The molecule has 2 rings (SSSR count). The number of ether oxygens (including phenoxy) is 3. The summed E-state index contributed by atoms with van der Waals surface area (Å²) in [4.78, 5) is 24.4. The molecule has 0 unspecified atom stereocenters. The van der Waals surface area contributed by atoms with Crippen molar-refractivity contribution in [3.63, 3.8) is 0 Å². The van der Waals surface area contributed by atoms with E-state index in [-0.39, 0.29) is 34.6 Å². The molecule has 6 nitrogen and oxygen atoms in total. The second kappa shape index (κ2) is 5.61. The number of phenolic OH excluding ortho intramolecular Hbond substituents is 1. The molecule has 124 valence electrons. The molecule has 0 atom stereocenters. The monoisotopic (exact) mass is 320 g/mol. The maximum atomic E-state index is 12.4. The summed E-state index contributed by atoms with van der Waals surface area (Å²) in [6.45, 7) is 10.3. The maximum absolute atomic E-state index is 12.4. The van der Waals surface area contributed by atoms with Gasteiger partial charge in [-0.15, -0.1) is 0 Å². The molecule has 0 spiro atoms. The number of rotatable bonds is 3. The van der Waals surface area contributed by atoms with E-state index in [9.17, 15) is 14.7 Å². The van der Waals surface area contributed by atoms with Crippen LogP contribution in [0.15, 0.2) is 12.2 Å². The normalized spacial score (nSPS) is 15.3. The van der Waals surface area contributed by atoms with E-state index < -0.39 is 17.7 Å². The van der Waals surface area contributed by atoms with Crippen LogP contribution < -0.4 is 4.74 Å². The fourth-order valence-electron chi connectivity index (χ4n) is 2.60. The molecule has 0 fully saturated rings. The zero-order valence-electron chi connectivity index (χ0n) is 13.9. The highest BCUT2D eigenvalue weighted by molar-refractivity contribution is 6.03. The molecule has 1 aromatic rings. The SMILES string of the molecule is C=C(C)Cc1c(O)c(C(=O)OC)c(C)c2c1OC(C)(C)OC2=O. The van der Waals surface area contributed by atoms with Crippen LogP contribution >= 0.6 is 0 Å². The third kappa shape index (κ3) is 2.88. The largest absolute Gasteiger partial charge is 0.507 e. The predicted octanol–water partition coefficient (Wildman–Crippen LogP) is 2.89. The van der Waals surface area contributed by atoms with E-state index in [1.807, 2.05) is 0 Å². The van der Waals surface area contributed by atoms with Gasteiger partial charge in [0.25, 0.3) is 0 Å². The van der Waals surface area contributed by atoms with Crippen LogP contribution in [0.3, 0.4) is 0 Å². The molecule has 1 N–H and O–H groups in total. The molecule has 1 aliphatic rings. The molecular formula is C17H20O6. The molecule has 0 radical (unpaired) electrons. The summed E-state index contributed by atoms with van der Waals surface area (Å²) in [7, 11) is 1.21. The van der Waals surface area contributed by atoms with Gasteiger partial charge in [0.05, 0.1) is 7.11 Å². The van der Waals surface area contributed by atoms with Crippen molar-refractivity contribution in [1.29, 1.82) is 0 Å². The lowest BCUT2D eigenvalue weighted by molar-refractivity contribution is -0.128. The van der Waals surface area contributed by atoms with Gasteiger partial charge in [-0.3, -0.25) is 0 Å². The minimum atomic E-state index is -1.17. The van der Waals surface area contributed by atoms with Gasteiger partial charge in [0.2, 0.25) is 5.79 Å². The highest BCUT2D eigenvalue weighted by Gasteiger charge is 2.40. The standard InChI is InChI=1S/C17H20O6/c1-8(2)7-10-13(18)11(15(19)21-6)9(3)12-14(10)22-17(4,5)23-16(12)20/h18H,1,7H2,2-6H3. The van der Waals surface area contributed by atoms with E-state index in [1.165, 1.54) is 14.0 Å². The summed E-state index contributed by atoms with van der Waals surface area (Å²) in [6.07, 6.45) is 0.252. The van der Waals surface area contributed by atoms with Gasteiger partial charge in [-0.1, -0.05) is 12.2 Å². The molecule has 1 aliphatic heterocycles. The number of carbonyl (C=O) groups excluding carboxylic acids is 2. The van der Waals surface area contributed by atoms with E-state index in [0.717, 1.165) is 5.57 Å². The first-order valence-electron chi connectivity index (χ1n) is 7.12. The van der Waals surface area contributed by atoms with Crippen LogP contribution in [0.4, 0.5) is 0 Å². The summed E-state index contributed by atoms with van der Waals surface area (Å²) in [5.74, 6) is -2.55. The smallest absolute Gasteiger partial charge is 0.345 e. The maximum Gasteiger partial charge on any atom is 0.345 e. The summed E-state index contributed by atoms with van der Waals surface area (Å²) < 4.78 is 15.7. The number of aromatic hydroxyl groups is 1. The number of hydrogen-bond donors (Lipinski definition) is 1. The summed E-state index contributed by atoms with van der Waals surface area (Å²) in [5.41, 5.74) is 1.38. The molecule has 0 saturated heterocycles. The molecule has 1 heterocycles. The Morgan fingerprint density at radius 3 is 2.48 bits per heavy atom. The van der Waals surface area contributed by atoms with Crippen molar-refractivity contribution in [2.24, 2.45) is 0 Å². The van der Waals surface area contributed by atoms with E-state index in [2.05, 4.69) is 6.58 Å². The molecule has 0 amide bonds. The topological polar surface area (TPSA) is 82.1 Å². The van der Waals surface area contributed by atoms with Gasteiger partial charge in [-0.25, -0.2) is 9.59 Å². The van der Waals surface area contributed by atoms with Crippen molar-refractivity contribution in [3.8, 4) is 11.5 Å². The van der Waals surface area contributed by atoms with Crippen molar-refractivity contribution in [1.82, 2.24) is 0 Å². The molecule has 0 bridgehead atoms. The van der Waals surface area contributed by atoms with Gasteiger partial charge in [-0.05, 0) is 19.4 Å². The van der Waals surface area contributed by atoms with Gasteiger partial charge in [-0.2, -0.15) is 0 Å². The lowest BCUT2D eigenvalue weighted by Gasteiger charge is -2.34.